The third-order valence-electron chi connectivity index (χ3n) is 4.10. The van der Waals surface area contributed by atoms with Crippen molar-refractivity contribution in [2.24, 2.45) is 0 Å². The zero-order valence-corrected chi connectivity index (χ0v) is 13.9. The van der Waals surface area contributed by atoms with Gasteiger partial charge < -0.3 is 10.1 Å². The van der Waals surface area contributed by atoms with Crippen LogP contribution in [0.2, 0.25) is 0 Å². The van der Waals surface area contributed by atoms with Gasteiger partial charge >= 0.3 is 0 Å². The molecular weight excluding hydrogens is 286 g/mol. The molecule has 3 nitrogen and oxygen atoms in total. The first-order valence-corrected chi connectivity index (χ1v) is 7.70. The molecule has 0 saturated carbocycles. The van der Waals surface area contributed by atoms with Crippen LogP contribution in [-0.4, -0.2) is 13.0 Å². The number of ether oxygens (including phenoxy) is 1. The van der Waals surface area contributed by atoms with Crippen molar-refractivity contribution in [3.8, 4) is 5.75 Å². The molecule has 0 aromatic heterocycles. The summed E-state index contributed by atoms with van der Waals surface area (Å²) in [6, 6.07) is 14.0. The van der Waals surface area contributed by atoms with Crippen LogP contribution < -0.4 is 10.1 Å². The van der Waals surface area contributed by atoms with Crippen LogP contribution in [0.1, 0.15) is 37.5 Å². The van der Waals surface area contributed by atoms with E-state index in [1.807, 2.05) is 24.3 Å². The first-order valence-electron chi connectivity index (χ1n) is 7.70. The lowest BCUT2D eigenvalue weighted by Crippen LogP contribution is -2.10. The molecule has 1 aliphatic heterocycles. The predicted octanol–water partition coefficient (Wildman–Crippen LogP) is 4.49. The lowest BCUT2D eigenvalue weighted by atomic mass is 9.86. The van der Waals surface area contributed by atoms with Crippen LogP contribution in [0, 0.1) is 0 Å². The van der Waals surface area contributed by atoms with E-state index in [4.69, 9.17) is 4.74 Å². The van der Waals surface area contributed by atoms with Crippen molar-refractivity contribution in [1.82, 2.24) is 0 Å². The highest BCUT2D eigenvalue weighted by Gasteiger charge is 2.24. The van der Waals surface area contributed by atoms with Crippen LogP contribution in [0.15, 0.2) is 42.5 Å². The molecule has 0 spiro atoms. The van der Waals surface area contributed by atoms with E-state index in [9.17, 15) is 4.79 Å². The fourth-order valence-corrected chi connectivity index (χ4v) is 2.68. The summed E-state index contributed by atoms with van der Waals surface area (Å²) in [4.78, 5) is 12.2. The Morgan fingerprint density at radius 1 is 1.04 bits per heavy atom. The third kappa shape index (κ3) is 3.00. The topological polar surface area (TPSA) is 38.3 Å². The number of carbonyl (C=O) groups is 1. The van der Waals surface area contributed by atoms with Crippen molar-refractivity contribution in [1.29, 1.82) is 0 Å². The fraction of sp³-hybridized carbons (Fsp3) is 0.250. The van der Waals surface area contributed by atoms with E-state index in [2.05, 4.69) is 50.4 Å². The van der Waals surface area contributed by atoms with Gasteiger partial charge in [0.2, 0.25) is 0 Å². The molecule has 0 radical (unpaired) electrons. The number of fused-ring (bicyclic) bond motifs is 1. The maximum absolute atomic E-state index is 12.2. The summed E-state index contributed by atoms with van der Waals surface area (Å²) in [5, 5.41) is 2.89. The maximum Gasteiger partial charge on any atom is 0.256 e. The van der Waals surface area contributed by atoms with E-state index in [1.54, 1.807) is 7.11 Å². The first-order chi connectivity index (χ1) is 10.9. The summed E-state index contributed by atoms with van der Waals surface area (Å²) in [6.07, 6.45) is 1.92. The van der Waals surface area contributed by atoms with Crippen LogP contribution in [0.3, 0.4) is 0 Å². The van der Waals surface area contributed by atoms with Crippen molar-refractivity contribution in [2.75, 3.05) is 12.4 Å². The lowest BCUT2D eigenvalue weighted by Gasteiger charge is -2.18. The number of carbonyl (C=O) groups excluding carboxylic acids is 1. The Balaban J connectivity index is 1.99. The molecule has 3 heteroatoms. The smallest absolute Gasteiger partial charge is 0.256 e. The molecule has 0 unspecified atom stereocenters. The van der Waals surface area contributed by atoms with Crippen LogP contribution in [0.4, 0.5) is 5.69 Å². The van der Waals surface area contributed by atoms with Crippen molar-refractivity contribution < 1.29 is 9.53 Å². The molecule has 1 heterocycles. The highest BCUT2D eigenvalue weighted by atomic mass is 16.5. The molecule has 0 atom stereocenters. The van der Waals surface area contributed by atoms with E-state index >= 15 is 0 Å². The molecule has 0 aliphatic carbocycles. The molecule has 1 N–H and O–H groups in total. The minimum atomic E-state index is -0.0758. The molecule has 1 aliphatic rings. The summed E-state index contributed by atoms with van der Waals surface area (Å²) >= 11 is 0. The van der Waals surface area contributed by atoms with E-state index in [0.29, 0.717) is 5.57 Å². The van der Waals surface area contributed by atoms with Crippen LogP contribution in [0.5, 0.6) is 5.75 Å². The minimum absolute atomic E-state index is 0.0758. The molecular formula is C20H21NO2. The number of hydrogen-bond donors (Lipinski definition) is 1. The second-order valence-corrected chi connectivity index (χ2v) is 6.80. The monoisotopic (exact) mass is 307 g/mol. The van der Waals surface area contributed by atoms with Gasteiger partial charge in [0.25, 0.3) is 5.91 Å². The first kappa shape index (κ1) is 15.3. The van der Waals surface area contributed by atoms with Gasteiger partial charge in [-0.1, -0.05) is 45.0 Å². The number of amides is 1. The summed E-state index contributed by atoms with van der Waals surface area (Å²) in [6.45, 7) is 6.56. The molecule has 2 aromatic carbocycles. The number of rotatable bonds is 2. The molecule has 23 heavy (non-hydrogen) atoms. The van der Waals surface area contributed by atoms with Crippen molar-refractivity contribution in [2.45, 2.75) is 26.2 Å². The van der Waals surface area contributed by atoms with Crippen LogP contribution in [-0.2, 0) is 10.2 Å². The molecule has 2 aromatic rings. The van der Waals surface area contributed by atoms with Crippen LogP contribution in [0.25, 0.3) is 11.6 Å². The highest BCUT2D eigenvalue weighted by molar-refractivity contribution is 6.35. The molecule has 0 saturated heterocycles. The summed E-state index contributed by atoms with van der Waals surface area (Å²) in [5.74, 6) is 0.669. The van der Waals surface area contributed by atoms with Gasteiger partial charge in [0, 0.05) is 16.8 Å². The molecule has 1 amide bonds. The molecule has 0 bridgehead atoms. The Bertz CT molecular complexity index is 780. The Labute approximate surface area is 137 Å². The van der Waals surface area contributed by atoms with Gasteiger partial charge in [-0.3, -0.25) is 4.79 Å². The summed E-state index contributed by atoms with van der Waals surface area (Å²) in [7, 11) is 1.63. The van der Waals surface area contributed by atoms with Gasteiger partial charge in [0.15, 0.2) is 0 Å². The zero-order chi connectivity index (χ0) is 16.6. The molecule has 118 valence electrons. The van der Waals surface area contributed by atoms with Crippen molar-refractivity contribution in [3.05, 3.63) is 59.2 Å². The SMILES string of the molecule is COc1ccc2c(c1)/C(=C\c1ccc(C(C)(C)C)cc1)C(=O)N2. The van der Waals surface area contributed by atoms with E-state index in [-0.39, 0.29) is 11.3 Å². The van der Waals surface area contributed by atoms with Crippen LogP contribution >= 0.6 is 0 Å². The molecule has 0 fully saturated rings. The maximum atomic E-state index is 12.2. The number of benzene rings is 2. The van der Waals surface area contributed by atoms with Gasteiger partial charge in [-0.25, -0.2) is 0 Å². The number of nitrogens with one attached hydrogen (secondary N) is 1. The van der Waals surface area contributed by atoms with Gasteiger partial charge in [-0.15, -0.1) is 0 Å². The zero-order valence-electron chi connectivity index (χ0n) is 13.9. The van der Waals surface area contributed by atoms with Gasteiger partial charge in [-0.2, -0.15) is 0 Å². The van der Waals surface area contributed by atoms with Crippen molar-refractivity contribution in [3.63, 3.8) is 0 Å². The van der Waals surface area contributed by atoms with Gasteiger partial charge in [0.1, 0.15) is 5.75 Å². The number of methoxy groups -OCH3 is 1. The van der Waals surface area contributed by atoms with E-state index in [0.717, 1.165) is 22.6 Å². The molecule has 3 rings (SSSR count). The Hall–Kier alpha value is -2.55. The quantitative estimate of drug-likeness (QED) is 0.830. The normalized spacial score (nSPS) is 15.5. The average molecular weight is 307 g/mol. The van der Waals surface area contributed by atoms with Gasteiger partial charge in [-0.05, 0) is 40.8 Å². The minimum Gasteiger partial charge on any atom is -0.497 e. The largest absolute Gasteiger partial charge is 0.497 e. The standard InChI is InChI=1S/C20H21NO2/c1-20(2,3)14-7-5-13(6-8-14)11-17-16-12-15(23-4)9-10-18(16)21-19(17)22/h5-12H,1-4H3,(H,21,22)/b17-11+. The predicted molar refractivity (Wildman–Crippen MR) is 94.6 cm³/mol. The fourth-order valence-electron chi connectivity index (χ4n) is 2.68. The van der Waals surface area contributed by atoms with Gasteiger partial charge in [0.05, 0.1) is 7.11 Å². The number of anilines is 1. The number of hydrogen-bond acceptors (Lipinski definition) is 2. The van der Waals surface area contributed by atoms with Crippen molar-refractivity contribution >= 4 is 23.2 Å². The van der Waals surface area contributed by atoms with E-state index < -0.39 is 0 Å². The third-order valence-corrected chi connectivity index (χ3v) is 4.10. The summed E-state index contributed by atoms with van der Waals surface area (Å²) < 4.78 is 5.26. The Kier molecular flexibility index (Phi) is 3.72. The Morgan fingerprint density at radius 3 is 2.35 bits per heavy atom. The Morgan fingerprint density at radius 2 is 1.74 bits per heavy atom. The van der Waals surface area contributed by atoms with E-state index in [1.165, 1.54) is 5.56 Å². The average Bonchev–Trinajstić information content (AvgIpc) is 2.82. The second-order valence-electron chi connectivity index (χ2n) is 6.80. The second kappa shape index (κ2) is 5.58. The summed E-state index contributed by atoms with van der Waals surface area (Å²) in [5.41, 5.74) is 4.79. The highest BCUT2D eigenvalue weighted by Crippen LogP contribution is 2.35. The lowest BCUT2D eigenvalue weighted by molar-refractivity contribution is -0.110.